The first-order chi connectivity index (χ1) is 6.17. The summed E-state index contributed by atoms with van der Waals surface area (Å²) in [5.41, 5.74) is 0.152. The molecular formula is C10H13NO2. The largest absolute Gasteiger partial charge is 0.488 e. The van der Waals surface area contributed by atoms with Crippen molar-refractivity contribution in [2.45, 2.75) is 12.5 Å². The van der Waals surface area contributed by atoms with Crippen LogP contribution in [0, 0.1) is 0 Å². The fraction of sp³-hybridized carbons (Fsp3) is 0.400. The van der Waals surface area contributed by atoms with Crippen LogP contribution >= 0.6 is 0 Å². The Morgan fingerprint density at radius 2 is 2.23 bits per heavy atom. The minimum absolute atomic E-state index is 0.330. The molecular weight excluding hydrogens is 166 g/mol. The number of hydrogen-bond acceptors (Lipinski definition) is 3. The Morgan fingerprint density at radius 3 is 3.08 bits per heavy atom. The molecule has 1 unspecified atom stereocenters. The van der Waals surface area contributed by atoms with Crippen LogP contribution in [0.1, 0.15) is 6.92 Å². The van der Waals surface area contributed by atoms with E-state index in [0.29, 0.717) is 13.2 Å². The summed E-state index contributed by atoms with van der Waals surface area (Å²) in [6.07, 6.45) is 0. The number of ether oxygens (including phenoxy) is 1. The molecule has 1 aromatic carbocycles. The van der Waals surface area contributed by atoms with Gasteiger partial charge in [-0.3, -0.25) is 0 Å². The second kappa shape index (κ2) is 2.92. The average Bonchev–Trinajstić information content (AvgIpc) is 2.27. The summed E-state index contributed by atoms with van der Waals surface area (Å²) >= 11 is 0. The molecule has 2 rings (SSSR count). The van der Waals surface area contributed by atoms with E-state index in [1.54, 1.807) is 6.92 Å². The molecule has 0 aromatic heterocycles. The molecule has 1 aromatic rings. The molecule has 0 saturated carbocycles. The zero-order valence-corrected chi connectivity index (χ0v) is 7.58. The summed E-state index contributed by atoms with van der Waals surface area (Å²) in [6, 6.07) is 7.69. The Bertz CT molecular complexity index is 281. The fourth-order valence-corrected chi connectivity index (χ4v) is 1.31. The molecule has 0 saturated heterocycles. The van der Waals surface area contributed by atoms with Crippen molar-refractivity contribution < 1.29 is 9.84 Å². The highest BCUT2D eigenvalue weighted by Gasteiger charge is 2.24. The van der Waals surface area contributed by atoms with Gasteiger partial charge in [0.1, 0.15) is 18.0 Å². The standard InChI is InChI=1S/C10H13NO2/c1-10(12)6-11-8-4-2-3-5-9(8)13-7-10/h2-5,11-12H,6-7H2,1H3. The van der Waals surface area contributed by atoms with Gasteiger partial charge in [-0.05, 0) is 19.1 Å². The van der Waals surface area contributed by atoms with Crippen LogP contribution < -0.4 is 10.1 Å². The maximum Gasteiger partial charge on any atom is 0.142 e. The van der Waals surface area contributed by atoms with Gasteiger partial charge in [0.2, 0.25) is 0 Å². The molecule has 0 spiro atoms. The van der Waals surface area contributed by atoms with Crippen molar-refractivity contribution in [1.82, 2.24) is 0 Å². The topological polar surface area (TPSA) is 41.5 Å². The Balaban J connectivity index is 2.27. The molecule has 0 aliphatic carbocycles. The Labute approximate surface area is 77.3 Å². The molecule has 3 heteroatoms. The number of anilines is 1. The van der Waals surface area contributed by atoms with Crippen LogP contribution in [-0.2, 0) is 0 Å². The highest BCUT2D eigenvalue weighted by molar-refractivity contribution is 5.57. The van der Waals surface area contributed by atoms with Crippen LogP contribution in [0.15, 0.2) is 24.3 Å². The van der Waals surface area contributed by atoms with Crippen LogP contribution in [0.4, 0.5) is 5.69 Å². The predicted octanol–water partition coefficient (Wildman–Crippen LogP) is 1.24. The van der Waals surface area contributed by atoms with Gasteiger partial charge in [-0.25, -0.2) is 0 Å². The van der Waals surface area contributed by atoms with Crippen molar-refractivity contribution in [3.8, 4) is 5.75 Å². The number of aliphatic hydroxyl groups is 1. The van der Waals surface area contributed by atoms with E-state index in [0.717, 1.165) is 11.4 Å². The molecule has 13 heavy (non-hydrogen) atoms. The molecule has 1 aliphatic rings. The summed E-state index contributed by atoms with van der Waals surface area (Å²) in [5, 5.41) is 12.9. The van der Waals surface area contributed by atoms with Gasteiger partial charge in [-0.1, -0.05) is 12.1 Å². The smallest absolute Gasteiger partial charge is 0.142 e. The van der Waals surface area contributed by atoms with Gasteiger partial charge in [0.15, 0.2) is 0 Å². The Kier molecular flexibility index (Phi) is 1.88. The van der Waals surface area contributed by atoms with Gasteiger partial charge in [0.05, 0.1) is 5.69 Å². The first-order valence-electron chi connectivity index (χ1n) is 4.35. The lowest BCUT2D eigenvalue weighted by Gasteiger charge is -2.19. The molecule has 2 N–H and O–H groups in total. The molecule has 3 nitrogen and oxygen atoms in total. The molecule has 1 atom stereocenters. The van der Waals surface area contributed by atoms with E-state index in [4.69, 9.17) is 4.74 Å². The SMILES string of the molecule is CC1(O)CNc2ccccc2OC1. The number of fused-ring (bicyclic) bond motifs is 1. The number of benzene rings is 1. The van der Waals surface area contributed by atoms with Crippen LogP contribution in [0.3, 0.4) is 0 Å². The monoisotopic (exact) mass is 179 g/mol. The molecule has 1 heterocycles. The lowest BCUT2D eigenvalue weighted by Crippen LogP contribution is -2.37. The highest BCUT2D eigenvalue weighted by Crippen LogP contribution is 2.27. The molecule has 0 bridgehead atoms. The number of β-amino-alcohol motifs (C(OH)–C–C–N with tert-alkyl or cyclic N) is 1. The lowest BCUT2D eigenvalue weighted by molar-refractivity contribution is 0.0271. The van der Waals surface area contributed by atoms with E-state index in [2.05, 4.69) is 5.32 Å². The molecule has 0 radical (unpaired) electrons. The van der Waals surface area contributed by atoms with Crippen molar-refractivity contribution in [1.29, 1.82) is 0 Å². The third-order valence-electron chi connectivity index (χ3n) is 2.09. The second-order valence-corrected chi connectivity index (χ2v) is 3.64. The number of rotatable bonds is 0. The zero-order valence-electron chi connectivity index (χ0n) is 7.58. The Hall–Kier alpha value is -1.22. The first-order valence-corrected chi connectivity index (χ1v) is 4.35. The highest BCUT2D eigenvalue weighted by atomic mass is 16.5. The van der Waals surface area contributed by atoms with E-state index in [-0.39, 0.29) is 0 Å². The van der Waals surface area contributed by atoms with Crippen LogP contribution in [0.2, 0.25) is 0 Å². The molecule has 0 amide bonds. The summed E-state index contributed by atoms with van der Waals surface area (Å²) in [5.74, 6) is 0.806. The number of nitrogens with one attached hydrogen (secondary N) is 1. The van der Waals surface area contributed by atoms with E-state index in [1.807, 2.05) is 24.3 Å². The number of para-hydroxylation sites is 2. The third-order valence-corrected chi connectivity index (χ3v) is 2.09. The summed E-state index contributed by atoms with van der Waals surface area (Å²) < 4.78 is 5.45. The maximum atomic E-state index is 9.74. The normalized spacial score (nSPS) is 26.6. The van der Waals surface area contributed by atoms with Gasteiger partial charge in [-0.2, -0.15) is 0 Å². The number of hydrogen-bond donors (Lipinski definition) is 2. The van der Waals surface area contributed by atoms with Crippen LogP contribution in [-0.4, -0.2) is 23.9 Å². The quantitative estimate of drug-likeness (QED) is 0.629. The van der Waals surface area contributed by atoms with E-state index in [9.17, 15) is 5.11 Å². The van der Waals surface area contributed by atoms with Crippen molar-refractivity contribution in [3.05, 3.63) is 24.3 Å². The third kappa shape index (κ3) is 1.75. The summed E-state index contributed by atoms with van der Waals surface area (Å²) in [7, 11) is 0. The zero-order chi connectivity index (χ0) is 9.31. The lowest BCUT2D eigenvalue weighted by atomic mass is 10.1. The minimum atomic E-state index is -0.793. The van der Waals surface area contributed by atoms with Gasteiger partial charge in [-0.15, -0.1) is 0 Å². The van der Waals surface area contributed by atoms with Gasteiger partial charge in [0.25, 0.3) is 0 Å². The van der Waals surface area contributed by atoms with E-state index < -0.39 is 5.60 Å². The van der Waals surface area contributed by atoms with Gasteiger partial charge < -0.3 is 15.2 Å². The molecule has 1 aliphatic heterocycles. The summed E-state index contributed by atoms with van der Waals surface area (Å²) in [4.78, 5) is 0. The first kappa shape index (κ1) is 8.38. The second-order valence-electron chi connectivity index (χ2n) is 3.64. The van der Waals surface area contributed by atoms with Crippen molar-refractivity contribution >= 4 is 5.69 Å². The maximum absolute atomic E-state index is 9.74. The molecule has 0 fully saturated rings. The van der Waals surface area contributed by atoms with E-state index in [1.165, 1.54) is 0 Å². The predicted molar refractivity (Wildman–Crippen MR) is 51.1 cm³/mol. The fourth-order valence-electron chi connectivity index (χ4n) is 1.31. The van der Waals surface area contributed by atoms with E-state index >= 15 is 0 Å². The van der Waals surface area contributed by atoms with Gasteiger partial charge >= 0.3 is 0 Å². The van der Waals surface area contributed by atoms with Crippen molar-refractivity contribution in [2.75, 3.05) is 18.5 Å². The Morgan fingerprint density at radius 1 is 1.46 bits per heavy atom. The van der Waals surface area contributed by atoms with Crippen molar-refractivity contribution in [2.24, 2.45) is 0 Å². The van der Waals surface area contributed by atoms with Crippen molar-refractivity contribution in [3.63, 3.8) is 0 Å². The van der Waals surface area contributed by atoms with Gasteiger partial charge in [0, 0.05) is 6.54 Å². The van der Waals surface area contributed by atoms with Crippen LogP contribution in [0.5, 0.6) is 5.75 Å². The van der Waals surface area contributed by atoms with Crippen LogP contribution in [0.25, 0.3) is 0 Å². The molecule has 70 valence electrons. The minimum Gasteiger partial charge on any atom is -0.488 e. The average molecular weight is 179 g/mol. The summed E-state index contributed by atoms with van der Waals surface area (Å²) in [6.45, 7) is 2.60.